The number of nitrogens with two attached hydrogens (primary N) is 2. The zero-order valence-electron chi connectivity index (χ0n) is 23.2. The molecule has 3 aromatic carbocycles. The molecule has 42 heavy (non-hydrogen) atoms. The molecule has 0 unspecified atom stereocenters. The Kier molecular flexibility index (Phi) is 9.27. The van der Waals surface area contributed by atoms with E-state index in [1.165, 1.54) is 0 Å². The molecule has 4 aromatic rings. The minimum absolute atomic E-state index is 0.0534. The second-order valence-electron chi connectivity index (χ2n) is 10.3. The molecule has 1 amide bonds. The highest BCUT2D eigenvalue weighted by molar-refractivity contribution is 7.80. The molecule has 214 valence electrons. The summed E-state index contributed by atoms with van der Waals surface area (Å²) >= 11 is 11.7. The maximum Gasteiger partial charge on any atom is 0.254 e. The minimum atomic E-state index is -0.0970. The summed E-state index contributed by atoms with van der Waals surface area (Å²) in [6, 6.07) is 20.9. The van der Waals surface area contributed by atoms with Gasteiger partial charge in [0.1, 0.15) is 11.7 Å². The van der Waals surface area contributed by atoms with Gasteiger partial charge in [0.15, 0.2) is 0 Å². The number of halogens is 1. The topological polar surface area (TPSA) is 114 Å². The number of benzene rings is 3. The Morgan fingerprint density at radius 1 is 1.02 bits per heavy atom. The first-order valence-corrected chi connectivity index (χ1v) is 14.7. The second-order valence-corrected chi connectivity index (χ2v) is 11.2. The van der Waals surface area contributed by atoms with Gasteiger partial charge in [-0.2, -0.15) is 0 Å². The Morgan fingerprint density at radius 2 is 1.74 bits per heavy atom. The van der Waals surface area contributed by atoms with Crippen molar-refractivity contribution in [1.29, 1.82) is 5.41 Å². The minimum Gasteiger partial charge on any atom is -0.384 e. The first kappa shape index (κ1) is 29.4. The summed E-state index contributed by atoms with van der Waals surface area (Å²) in [5, 5.41) is 8.29. The summed E-state index contributed by atoms with van der Waals surface area (Å²) < 4.78 is 2.20. The van der Waals surface area contributed by atoms with Gasteiger partial charge < -0.3 is 20.9 Å². The first-order chi connectivity index (χ1) is 20.3. The van der Waals surface area contributed by atoms with Gasteiger partial charge in [-0.3, -0.25) is 10.2 Å². The van der Waals surface area contributed by atoms with Crippen LogP contribution in [0.15, 0.2) is 90.5 Å². The molecule has 9 heteroatoms. The molecule has 0 bridgehead atoms. The van der Waals surface area contributed by atoms with Gasteiger partial charge in [-0.1, -0.05) is 78.4 Å². The molecule has 0 saturated heterocycles. The Labute approximate surface area is 256 Å². The van der Waals surface area contributed by atoms with Crippen molar-refractivity contribution >= 4 is 51.5 Å². The number of nitrogens with one attached hydrogen (secondary N) is 1. The lowest BCUT2D eigenvalue weighted by Crippen LogP contribution is -2.34. The molecule has 7 nitrogen and oxygen atoms in total. The van der Waals surface area contributed by atoms with Crippen molar-refractivity contribution in [2.75, 3.05) is 13.1 Å². The third-order valence-electron chi connectivity index (χ3n) is 7.37. The van der Waals surface area contributed by atoms with E-state index in [0.29, 0.717) is 48.7 Å². The second kappa shape index (κ2) is 13.2. The monoisotopic (exact) mass is 596 g/mol. The number of aryl methyl sites for hydroxylation is 2. The van der Waals surface area contributed by atoms with Crippen LogP contribution in [-0.4, -0.2) is 44.1 Å². The van der Waals surface area contributed by atoms with E-state index in [9.17, 15) is 4.79 Å². The van der Waals surface area contributed by atoms with Crippen LogP contribution in [0.5, 0.6) is 0 Å². The Morgan fingerprint density at radius 3 is 2.43 bits per heavy atom. The fourth-order valence-corrected chi connectivity index (χ4v) is 5.44. The number of aromatic nitrogens is 2. The van der Waals surface area contributed by atoms with Gasteiger partial charge in [0, 0.05) is 53.5 Å². The van der Waals surface area contributed by atoms with E-state index in [-0.39, 0.29) is 11.7 Å². The Hall–Kier alpha value is -4.11. The van der Waals surface area contributed by atoms with Crippen LogP contribution in [0.4, 0.5) is 0 Å². The van der Waals surface area contributed by atoms with Crippen molar-refractivity contribution in [2.24, 2.45) is 11.5 Å². The summed E-state index contributed by atoms with van der Waals surface area (Å²) in [6.45, 7) is 1.84. The summed E-state index contributed by atoms with van der Waals surface area (Å²) in [4.78, 5) is 21.3. The molecule has 0 fully saturated rings. The van der Waals surface area contributed by atoms with Crippen molar-refractivity contribution in [3.05, 3.63) is 124 Å². The summed E-state index contributed by atoms with van der Waals surface area (Å²) in [6.07, 6.45) is 8.41. The quantitative estimate of drug-likeness (QED) is 0.118. The third kappa shape index (κ3) is 6.85. The average Bonchev–Trinajstić information content (AvgIpc) is 3.34. The number of amides is 1. The number of carbonyl (C=O) groups is 1. The lowest BCUT2D eigenvalue weighted by molar-refractivity contribution is 0.0748. The van der Waals surface area contributed by atoms with Crippen molar-refractivity contribution in [3.8, 4) is 0 Å². The first-order valence-electron chi connectivity index (χ1n) is 13.9. The van der Waals surface area contributed by atoms with Crippen LogP contribution in [0.1, 0.15) is 39.3 Å². The number of fused-ring (bicyclic) bond motifs is 1. The lowest BCUT2D eigenvalue weighted by atomic mass is 10.0. The van der Waals surface area contributed by atoms with Crippen molar-refractivity contribution in [3.63, 3.8) is 0 Å². The number of nitrogen functional groups attached to an aromatic ring is 1. The van der Waals surface area contributed by atoms with Crippen molar-refractivity contribution in [1.82, 2.24) is 14.5 Å². The summed E-state index contributed by atoms with van der Waals surface area (Å²) in [5.41, 5.74) is 17.7. The van der Waals surface area contributed by atoms with Gasteiger partial charge in [-0.15, -0.1) is 0 Å². The summed E-state index contributed by atoms with van der Waals surface area (Å²) in [7, 11) is 0. The SMILES string of the molecule is N=C(N)c1ccc(CCc2nc3cc(C(=O)N(CCN)Cc4ccc(Cl)cc4)ccc3n2CC2=CC=CCC2=S)cc1. The molecule has 0 radical (unpaired) electrons. The molecule has 0 atom stereocenters. The van der Waals surface area contributed by atoms with Crippen LogP contribution in [0, 0.1) is 5.41 Å². The smallest absolute Gasteiger partial charge is 0.254 e. The maximum atomic E-state index is 13.6. The molecule has 5 N–H and O–H groups in total. The van der Waals surface area contributed by atoms with Crippen LogP contribution in [0.3, 0.4) is 0 Å². The van der Waals surface area contributed by atoms with Crippen molar-refractivity contribution < 1.29 is 4.79 Å². The van der Waals surface area contributed by atoms with E-state index in [1.54, 1.807) is 4.90 Å². The fourth-order valence-electron chi connectivity index (χ4n) is 5.08. The zero-order valence-corrected chi connectivity index (χ0v) is 24.8. The number of hydrogen-bond donors (Lipinski definition) is 3. The molecule has 0 saturated carbocycles. The number of rotatable bonds is 11. The van der Waals surface area contributed by atoms with Gasteiger partial charge >= 0.3 is 0 Å². The van der Waals surface area contributed by atoms with Crippen LogP contribution < -0.4 is 11.5 Å². The molecule has 5 rings (SSSR count). The highest BCUT2D eigenvalue weighted by atomic mass is 35.5. The number of imidazole rings is 1. The van der Waals surface area contributed by atoms with E-state index in [2.05, 4.69) is 16.7 Å². The molecule has 0 aliphatic heterocycles. The predicted octanol–water partition coefficient (Wildman–Crippen LogP) is 5.62. The van der Waals surface area contributed by atoms with Gasteiger partial charge in [0.25, 0.3) is 5.91 Å². The van der Waals surface area contributed by atoms with E-state index in [0.717, 1.165) is 51.3 Å². The predicted molar refractivity (Wildman–Crippen MR) is 174 cm³/mol. The number of carbonyl (C=O) groups excluding carboxylic acids is 1. The van der Waals surface area contributed by atoms with Crippen LogP contribution in [0.2, 0.25) is 5.02 Å². The zero-order chi connectivity index (χ0) is 29.6. The van der Waals surface area contributed by atoms with Crippen molar-refractivity contribution in [2.45, 2.75) is 32.4 Å². The Bertz CT molecular complexity index is 1690. The van der Waals surface area contributed by atoms with E-state index >= 15 is 0 Å². The molecule has 1 heterocycles. The van der Waals surface area contributed by atoms with E-state index < -0.39 is 0 Å². The number of amidine groups is 1. The Balaban J connectivity index is 1.45. The summed E-state index contributed by atoms with van der Waals surface area (Å²) in [5.74, 6) is 0.876. The average molecular weight is 597 g/mol. The maximum absolute atomic E-state index is 13.6. The normalized spacial score (nSPS) is 12.9. The molecule has 1 aliphatic carbocycles. The number of allylic oxidation sites excluding steroid dienone is 4. The van der Waals surface area contributed by atoms with Gasteiger partial charge in [0.05, 0.1) is 17.6 Å². The molecule has 1 aliphatic rings. The van der Waals surface area contributed by atoms with Crippen LogP contribution >= 0.6 is 23.8 Å². The largest absolute Gasteiger partial charge is 0.384 e. The van der Waals surface area contributed by atoms with E-state index in [1.807, 2.05) is 72.8 Å². The van der Waals surface area contributed by atoms with Gasteiger partial charge in [-0.05, 0) is 53.5 Å². The molecule has 0 spiro atoms. The fraction of sp³-hybridized carbons (Fsp3) is 0.212. The molecule has 1 aromatic heterocycles. The third-order valence-corrected chi connectivity index (χ3v) is 8.05. The lowest BCUT2D eigenvalue weighted by Gasteiger charge is -2.22. The number of nitrogens with zero attached hydrogens (tertiary/aromatic N) is 3. The van der Waals surface area contributed by atoms with E-state index in [4.69, 9.17) is 45.7 Å². The van der Waals surface area contributed by atoms with Gasteiger partial charge in [0.2, 0.25) is 0 Å². The van der Waals surface area contributed by atoms with Crippen LogP contribution in [0.25, 0.3) is 11.0 Å². The van der Waals surface area contributed by atoms with Crippen LogP contribution in [-0.2, 0) is 25.9 Å². The highest BCUT2D eigenvalue weighted by Gasteiger charge is 2.20. The molecular weight excluding hydrogens is 564 g/mol. The standard InChI is InChI=1S/C33H33ClN6OS/c34-27-13-7-23(8-14-27)20-39(18-17-35)33(41)25-12-15-29-28(19-25)38-31(40(29)21-26-3-1-2-4-30(26)42)16-9-22-5-10-24(11-6-22)32(36)37/h1-3,5-8,10-15,19H,4,9,16-18,20-21,35H2,(H3,36,37). The van der Waals surface area contributed by atoms with Gasteiger partial charge in [-0.25, -0.2) is 4.98 Å². The molecular formula is C33H33ClN6OS. The number of thiocarbonyl (C=S) groups is 1. The number of hydrogen-bond acceptors (Lipinski definition) is 5. The highest BCUT2D eigenvalue weighted by Crippen LogP contribution is 2.24.